The molecule has 0 heterocycles. The maximum absolute atomic E-state index is 3.90. The summed E-state index contributed by atoms with van der Waals surface area (Å²) in [4.78, 5) is 3.90. The second-order valence-corrected chi connectivity index (χ2v) is 1.42. The molecule has 0 amide bonds. The fourth-order valence-corrected chi connectivity index (χ4v) is 0.304. The molecule has 7 heavy (non-hydrogen) atoms. The normalized spacial score (nSPS) is 13.3. The molecule has 0 aliphatic rings. The number of rotatable bonds is 1. The monoisotopic (exact) mass is 115 g/mol. The molecule has 0 aromatic carbocycles. The molecule has 0 spiro atoms. The molecule has 1 nitrogen and oxygen atoms in total. The molecule has 2 heteroatoms. The molecule has 0 aromatic rings. The number of nitrogens with zero attached hydrogens (tertiary/aromatic N) is 1. The van der Waals surface area contributed by atoms with Crippen LogP contribution in [0.3, 0.4) is 0 Å². The largest absolute Gasteiger partial charge is 0.266 e. The van der Waals surface area contributed by atoms with E-state index >= 15 is 0 Å². The van der Waals surface area contributed by atoms with Gasteiger partial charge in [0, 0.05) is 11.9 Å². The van der Waals surface area contributed by atoms with E-state index in [1.54, 1.807) is 11.6 Å². The summed E-state index contributed by atoms with van der Waals surface area (Å²) in [6.07, 6.45) is 1.74. The van der Waals surface area contributed by atoms with Gasteiger partial charge in [-0.1, -0.05) is 0 Å². The third-order valence-corrected chi connectivity index (χ3v) is 0.893. The molecule has 0 saturated carbocycles. The number of allylic oxidation sites excluding steroid dienone is 1. The summed E-state index contributed by atoms with van der Waals surface area (Å²) in [6, 6.07) is 0. The van der Waals surface area contributed by atoms with Crippen LogP contribution < -0.4 is 0 Å². The smallest absolute Gasteiger partial charge is 0.0428 e. The summed E-state index contributed by atoms with van der Waals surface area (Å²) >= 11 is 3.87. The van der Waals surface area contributed by atoms with Crippen LogP contribution in [-0.4, -0.2) is 6.21 Å². The SMILES string of the molecule is CC=N/C(C)=C\S. The van der Waals surface area contributed by atoms with E-state index in [4.69, 9.17) is 0 Å². The first-order chi connectivity index (χ1) is 3.31. The van der Waals surface area contributed by atoms with Gasteiger partial charge in [-0.15, -0.1) is 12.6 Å². The minimum absolute atomic E-state index is 0.936. The third-order valence-electron chi connectivity index (χ3n) is 0.520. The van der Waals surface area contributed by atoms with E-state index < -0.39 is 0 Å². The quantitative estimate of drug-likeness (QED) is 0.395. The standard InChI is InChI=1S/C5H9NS/c1-3-6-5(2)4-7/h3-4,7H,1-2H3/b5-4-,6-3?. The van der Waals surface area contributed by atoms with Gasteiger partial charge in [-0.2, -0.15) is 0 Å². The van der Waals surface area contributed by atoms with Crippen molar-refractivity contribution in [2.75, 3.05) is 0 Å². The van der Waals surface area contributed by atoms with Crippen molar-refractivity contribution in [3.8, 4) is 0 Å². The predicted molar refractivity (Wildman–Crippen MR) is 36.9 cm³/mol. The Bertz CT molecular complexity index is 94.3. The highest BCUT2D eigenvalue weighted by molar-refractivity contribution is 7.83. The van der Waals surface area contributed by atoms with Crippen LogP contribution in [0.15, 0.2) is 16.1 Å². The van der Waals surface area contributed by atoms with Crippen LogP contribution in [0.4, 0.5) is 0 Å². The Labute approximate surface area is 49.6 Å². The van der Waals surface area contributed by atoms with Gasteiger partial charge in [0.15, 0.2) is 0 Å². The zero-order chi connectivity index (χ0) is 5.70. The molecule has 0 atom stereocenters. The summed E-state index contributed by atoms with van der Waals surface area (Å²) in [5.74, 6) is 0. The Morgan fingerprint density at radius 1 is 1.71 bits per heavy atom. The Morgan fingerprint density at radius 3 is 2.43 bits per heavy atom. The van der Waals surface area contributed by atoms with Crippen LogP contribution in [-0.2, 0) is 0 Å². The lowest BCUT2D eigenvalue weighted by Crippen LogP contribution is -1.63. The van der Waals surface area contributed by atoms with Crippen molar-refractivity contribution in [3.05, 3.63) is 11.1 Å². The first-order valence-electron chi connectivity index (χ1n) is 2.11. The van der Waals surface area contributed by atoms with E-state index in [0.717, 1.165) is 5.70 Å². The maximum Gasteiger partial charge on any atom is 0.0428 e. The number of hydrogen-bond donors (Lipinski definition) is 1. The topological polar surface area (TPSA) is 12.4 Å². The minimum Gasteiger partial charge on any atom is -0.266 e. The van der Waals surface area contributed by atoms with Crippen LogP contribution in [0.5, 0.6) is 0 Å². The van der Waals surface area contributed by atoms with Crippen molar-refractivity contribution in [2.24, 2.45) is 4.99 Å². The van der Waals surface area contributed by atoms with Gasteiger partial charge in [0.2, 0.25) is 0 Å². The lowest BCUT2D eigenvalue weighted by atomic mass is 10.6. The highest BCUT2D eigenvalue weighted by atomic mass is 32.1. The molecule has 0 rings (SSSR count). The average molecular weight is 115 g/mol. The van der Waals surface area contributed by atoms with Gasteiger partial charge in [0.1, 0.15) is 0 Å². The summed E-state index contributed by atoms with van der Waals surface area (Å²) in [5.41, 5.74) is 0.936. The van der Waals surface area contributed by atoms with E-state index in [-0.39, 0.29) is 0 Å². The van der Waals surface area contributed by atoms with Crippen LogP contribution in [0.25, 0.3) is 0 Å². The van der Waals surface area contributed by atoms with Crippen molar-refractivity contribution in [1.29, 1.82) is 0 Å². The van der Waals surface area contributed by atoms with Crippen LogP contribution in [0, 0.1) is 0 Å². The van der Waals surface area contributed by atoms with Gasteiger partial charge >= 0.3 is 0 Å². The molecule has 0 aliphatic heterocycles. The molecule has 0 aliphatic carbocycles. The molecular formula is C5H9NS. The average Bonchev–Trinajstić information content (AvgIpc) is 1.68. The highest BCUT2D eigenvalue weighted by Gasteiger charge is 1.71. The van der Waals surface area contributed by atoms with Gasteiger partial charge in [-0.3, -0.25) is 4.99 Å². The molecule has 0 saturated heterocycles. The lowest BCUT2D eigenvalue weighted by Gasteiger charge is -1.81. The summed E-state index contributed by atoms with van der Waals surface area (Å²) < 4.78 is 0. The summed E-state index contributed by atoms with van der Waals surface area (Å²) in [6.45, 7) is 3.77. The molecular weight excluding hydrogens is 106 g/mol. The summed E-state index contributed by atoms with van der Waals surface area (Å²) in [5, 5.41) is 1.67. The third kappa shape index (κ3) is 3.59. The molecule has 0 N–H and O–H groups in total. The fraction of sp³-hybridized carbons (Fsp3) is 0.400. The van der Waals surface area contributed by atoms with E-state index in [1.165, 1.54) is 0 Å². The Hall–Kier alpha value is -0.240. The first-order valence-corrected chi connectivity index (χ1v) is 2.62. The van der Waals surface area contributed by atoms with Crippen LogP contribution >= 0.6 is 12.6 Å². The highest BCUT2D eigenvalue weighted by Crippen LogP contribution is 1.93. The Balaban J connectivity index is 3.58. The number of hydrogen-bond acceptors (Lipinski definition) is 2. The predicted octanol–water partition coefficient (Wildman–Crippen LogP) is 1.87. The van der Waals surface area contributed by atoms with E-state index in [2.05, 4.69) is 17.6 Å². The van der Waals surface area contributed by atoms with Gasteiger partial charge in [0.05, 0.1) is 0 Å². The molecule has 0 radical (unpaired) electrons. The molecule has 40 valence electrons. The first kappa shape index (κ1) is 6.76. The molecule has 0 unspecified atom stereocenters. The Kier molecular flexibility index (Phi) is 3.80. The van der Waals surface area contributed by atoms with Gasteiger partial charge in [0.25, 0.3) is 0 Å². The van der Waals surface area contributed by atoms with Crippen molar-refractivity contribution in [2.45, 2.75) is 13.8 Å². The van der Waals surface area contributed by atoms with Crippen LogP contribution in [0.1, 0.15) is 13.8 Å². The summed E-state index contributed by atoms with van der Waals surface area (Å²) in [7, 11) is 0. The van der Waals surface area contributed by atoms with E-state index in [0.29, 0.717) is 0 Å². The van der Waals surface area contributed by atoms with Crippen molar-refractivity contribution >= 4 is 18.8 Å². The van der Waals surface area contributed by atoms with Crippen molar-refractivity contribution < 1.29 is 0 Å². The second-order valence-electron chi connectivity index (χ2n) is 1.16. The minimum atomic E-state index is 0.936. The van der Waals surface area contributed by atoms with E-state index in [1.807, 2.05) is 13.8 Å². The zero-order valence-electron chi connectivity index (χ0n) is 4.55. The number of thiol groups is 1. The van der Waals surface area contributed by atoms with Gasteiger partial charge < -0.3 is 0 Å². The van der Waals surface area contributed by atoms with E-state index in [9.17, 15) is 0 Å². The van der Waals surface area contributed by atoms with Gasteiger partial charge in [-0.25, -0.2) is 0 Å². The second kappa shape index (κ2) is 3.93. The zero-order valence-corrected chi connectivity index (χ0v) is 5.44. The molecule has 0 bridgehead atoms. The molecule has 0 aromatic heterocycles. The lowest BCUT2D eigenvalue weighted by molar-refractivity contribution is 1.33. The van der Waals surface area contributed by atoms with Crippen LogP contribution in [0.2, 0.25) is 0 Å². The molecule has 0 fully saturated rings. The number of aliphatic imine (C=N–C) groups is 1. The van der Waals surface area contributed by atoms with Gasteiger partial charge in [-0.05, 0) is 19.3 Å². The van der Waals surface area contributed by atoms with Crippen molar-refractivity contribution in [1.82, 2.24) is 0 Å². The van der Waals surface area contributed by atoms with Crippen molar-refractivity contribution in [3.63, 3.8) is 0 Å². The maximum atomic E-state index is 3.90. The fourth-order valence-electron chi connectivity index (χ4n) is 0.237. The Morgan fingerprint density at radius 2 is 2.29 bits per heavy atom.